The molecule has 1 aliphatic rings. The Morgan fingerprint density at radius 2 is 2.20 bits per heavy atom. The number of nitrogens with zero attached hydrogens (tertiary/aromatic N) is 2. The molecule has 20 heavy (non-hydrogen) atoms. The smallest absolute Gasteiger partial charge is 0.285 e. The summed E-state index contributed by atoms with van der Waals surface area (Å²) in [7, 11) is 2.17. The fourth-order valence-corrected chi connectivity index (χ4v) is 3.61. The number of hydrogen-bond acceptors (Lipinski definition) is 5. The molecule has 2 N–H and O–H groups in total. The van der Waals surface area contributed by atoms with Gasteiger partial charge in [-0.25, -0.2) is 9.99 Å². The summed E-state index contributed by atoms with van der Waals surface area (Å²) >= 11 is 3.15. The van der Waals surface area contributed by atoms with Gasteiger partial charge in [0.05, 0.1) is 33.2 Å². The maximum absolute atomic E-state index is 12.2. The van der Waals surface area contributed by atoms with Crippen LogP contribution in [0.2, 0.25) is 0 Å². The Morgan fingerprint density at radius 3 is 2.90 bits per heavy atom. The molecule has 0 saturated carbocycles. The summed E-state index contributed by atoms with van der Waals surface area (Å²) in [5, 5.41) is 8.77. The lowest BCUT2D eigenvalue weighted by molar-refractivity contribution is -0.884. The molecule has 5 nitrogen and oxygen atoms in total. The zero-order valence-electron chi connectivity index (χ0n) is 11.3. The zero-order valence-corrected chi connectivity index (χ0v) is 12.9. The average Bonchev–Trinajstić information content (AvgIpc) is 3.11. The molecule has 7 heteroatoms. The van der Waals surface area contributed by atoms with Gasteiger partial charge in [-0.3, -0.25) is 10.2 Å². The highest BCUT2D eigenvalue weighted by atomic mass is 32.1. The monoisotopic (exact) mass is 309 g/mol. The number of likely N-dealkylation sites (N-methyl/N-ethyl adjacent to an activating group) is 1. The van der Waals surface area contributed by atoms with Gasteiger partial charge >= 0.3 is 0 Å². The van der Waals surface area contributed by atoms with Gasteiger partial charge in [0.1, 0.15) is 10.7 Å². The average molecular weight is 309 g/mol. The summed E-state index contributed by atoms with van der Waals surface area (Å²) < 4.78 is 0. The first kappa shape index (κ1) is 13.7. The van der Waals surface area contributed by atoms with Crippen LogP contribution in [0.1, 0.15) is 10.5 Å². The molecule has 3 rings (SSSR count). The van der Waals surface area contributed by atoms with Crippen molar-refractivity contribution in [2.45, 2.75) is 0 Å². The highest BCUT2D eigenvalue weighted by molar-refractivity contribution is 7.14. The van der Waals surface area contributed by atoms with Crippen LogP contribution in [-0.4, -0.2) is 49.1 Å². The molecule has 0 atom stereocenters. The lowest BCUT2D eigenvalue weighted by Gasteiger charge is -2.29. The molecule has 1 amide bonds. The van der Waals surface area contributed by atoms with E-state index in [1.165, 1.54) is 16.2 Å². The number of carbonyl (C=O) groups excluding carboxylic acids is 1. The molecule has 1 fully saturated rings. The van der Waals surface area contributed by atoms with E-state index in [0.717, 1.165) is 36.8 Å². The highest BCUT2D eigenvalue weighted by Crippen LogP contribution is 2.25. The number of thiazole rings is 1. The normalized spacial score (nSPS) is 17.2. The number of hydrazine groups is 1. The Hall–Kier alpha value is -1.28. The number of nitrogens with one attached hydrogen (secondary N) is 2. The van der Waals surface area contributed by atoms with Crippen molar-refractivity contribution in [2.75, 3.05) is 33.2 Å². The molecule has 2 aromatic rings. The first-order chi connectivity index (χ1) is 9.72. The standard InChI is InChI=1S/C13H16N4OS2/c1-16-3-5-17(6-4-16)15-12(18)11-9-20-13(14-11)10-2-7-19-8-10/h2,7-9H,3-6H2,1H3,(H,15,18)/p+1. The number of hydrogen-bond donors (Lipinski definition) is 2. The van der Waals surface area contributed by atoms with E-state index in [1.54, 1.807) is 11.3 Å². The van der Waals surface area contributed by atoms with Gasteiger partial charge in [-0.2, -0.15) is 11.3 Å². The van der Waals surface area contributed by atoms with E-state index < -0.39 is 0 Å². The van der Waals surface area contributed by atoms with E-state index in [4.69, 9.17) is 0 Å². The van der Waals surface area contributed by atoms with Crippen molar-refractivity contribution >= 4 is 28.6 Å². The Labute approximate surface area is 125 Å². The van der Waals surface area contributed by atoms with Crippen molar-refractivity contribution in [3.63, 3.8) is 0 Å². The van der Waals surface area contributed by atoms with Crippen LogP contribution in [0.25, 0.3) is 10.6 Å². The number of rotatable bonds is 3. The van der Waals surface area contributed by atoms with Gasteiger partial charge in [0.25, 0.3) is 5.91 Å². The second kappa shape index (κ2) is 6.01. The fourth-order valence-electron chi connectivity index (χ4n) is 2.10. The second-order valence-electron chi connectivity index (χ2n) is 4.94. The van der Waals surface area contributed by atoms with Crippen LogP contribution >= 0.6 is 22.7 Å². The van der Waals surface area contributed by atoms with Crippen LogP contribution in [0.5, 0.6) is 0 Å². The van der Waals surface area contributed by atoms with Gasteiger partial charge in [-0.05, 0) is 11.4 Å². The number of quaternary nitrogens is 1. The summed E-state index contributed by atoms with van der Waals surface area (Å²) in [6, 6.07) is 2.02. The third-order valence-electron chi connectivity index (χ3n) is 3.38. The number of piperazine rings is 1. The van der Waals surface area contributed by atoms with Crippen LogP contribution in [0.3, 0.4) is 0 Å². The summed E-state index contributed by atoms with van der Waals surface area (Å²) in [4.78, 5) is 18.1. The predicted octanol–water partition coefficient (Wildman–Crippen LogP) is 0.347. The third-order valence-corrected chi connectivity index (χ3v) is 4.96. The van der Waals surface area contributed by atoms with Crippen LogP contribution in [0.4, 0.5) is 0 Å². The Kier molecular flexibility index (Phi) is 4.11. The quantitative estimate of drug-likeness (QED) is 0.860. The molecule has 106 valence electrons. The Bertz CT molecular complexity index is 573. The first-order valence-electron chi connectivity index (χ1n) is 6.58. The Morgan fingerprint density at radius 1 is 1.40 bits per heavy atom. The predicted molar refractivity (Wildman–Crippen MR) is 81.1 cm³/mol. The van der Waals surface area contributed by atoms with Crippen LogP contribution in [0.15, 0.2) is 22.2 Å². The molecule has 0 aromatic carbocycles. The van der Waals surface area contributed by atoms with E-state index in [1.807, 2.05) is 27.2 Å². The largest absolute Gasteiger partial charge is 0.335 e. The molecule has 0 radical (unpaired) electrons. The number of amides is 1. The molecular weight excluding hydrogens is 292 g/mol. The van der Waals surface area contributed by atoms with Crippen molar-refractivity contribution in [1.29, 1.82) is 0 Å². The summed E-state index contributed by atoms with van der Waals surface area (Å²) in [5.74, 6) is -0.109. The van der Waals surface area contributed by atoms with Gasteiger partial charge in [0.15, 0.2) is 0 Å². The maximum Gasteiger partial charge on any atom is 0.285 e. The minimum atomic E-state index is -0.109. The van der Waals surface area contributed by atoms with E-state index in [-0.39, 0.29) is 5.91 Å². The third kappa shape index (κ3) is 3.06. The maximum atomic E-state index is 12.2. The van der Waals surface area contributed by atoms with E-state index in [2.05, 4.69) is 17.5 Å². The highest BCUT2D eigenvalue weighted by Gasteiger charge is 2.20. The number of thiophene rings is 1. The summed E-state index contributed by atoms with van der Waals surface area (Å²) in [6.07, 6.45) is 0. The molecule has 1 saturated heterocycles. The minimum absolute atomic E-state index is 0.109. The van der Waals surface area contributed by atoms with Crippen LogP contribution in [0, 0.1) is 0 Å². The fraction of sp³-hybridized carbons (Fsp3) is 0.385. The van der Waals surface area contributed by atoms with Crippen molar-refractivity contribution in [2.24, 2.45) is 0 Å². The lowest BCUT2D eigenvalue weighted by Crippen LogP contribution is -3.12. The molecule has 0 spiro atoms. The zero-order chi connectivity index (χ0) is 13.9. The second-order valence-corrected chi connectivity index (χ2v) is 6.57. The Balaban J connectivity index is 1.63. The summed E-state index contributed by atoms with van der Waals surface area (Å²) in [5.41, 5.74) is 4.53. The first-order valence-corrected chi connectivity index (χ1v) is 8.40. The topological polar surface area (TPSA) is 49.7 Å². The molecule has 2 aromatic heterocycles. The molecule has 0 unspecified atom stereocenters. The molecule has 0 aliphatic carbocycles. The minimum Gasteiger partial charge on any atom is -0.335 e. The molecule has 1 aliphatic heterocycles. The molecule has 3 heterocycles. The van der Waals surface area contributed by atoms with Crippen molar-refractivity contribution in [1.82, 2.24) is 15.4 Å². The number of aromatic nitrogens is 1. The molecular formula is C13H17N4OS2+. The van der Waals surface area contributed by atoms with Gasteiger partial charge in [-0.15, -0.1) is 11.3 Å². The van der Waals surface area contributed by atoms with E-state index in [9.17, 15) is 4.79 Å². The van der Waals surface area contributed by atoms with Crippen molar-refractivity contribution in [3.05, 3.63) is 27.9 Å². The van der Waals surface area contributed by atoms with Gasteiger partial charge in [0.2, 0.25) is 0 Å². The van der Waals surface area contributed by atoms with Crippen molar-refractivity contribution in [3.8, 4) is 10.6 Å². The summed E-state index contributed by atoms with van der Waals surface area (Å²) in [6.45, 7) is 3.88. The number of carbonyl (C=O) groups is 1. The SMILES string of the molecule is C[NH+]1CCN(NC(=O)c2csc(-c3ccsc3)n2)CC1. The molecule has 0 bridgehead atoms. The van der Waals surface area contributed by atoms with Crippen molar-refractivity contribution < 1.29 is 9.69 Å². The van der Waals surface area contributed by atoms with Crippen LogP contribution in [-0.2, 0) is 0 Å². The van der Waals surface area contributed by atoms with Gasteiger partial charge in [0, 0.05) is 16.3 Å². The lowest BCUT2D eigenvalue weighted by atomic mass is 10.3. The van der Waals surface area contributed by atoms with Crippen LogP contribution < -0.4 is 10.3 Å². The van der Waals surface area contributed by atoms with Gasteiger partial charge in [-0.1, -0.05) is 0 Å². The van der Waals surface area contributed by atoms with Gasteiger partial charge < -0.3 is 4.90 Å². The van der Waals surface area contributed by atoms with E-state index in [0.29, 0.717) is 5.69 Å². The van der Waals surface area contributed by atoms with E-state index >= 15 is 0 Å².